The van der Waals surface area contributed by atoms with E-state index in [1.54, 1.807) is 6.07 Å². The molecule has 1 atom stereocenters. The van der Waals surface area contributed by atoms with Gasteiger partial charge in [-0.25, -0.2) is 9.37 Å². The van der Waals surface area contributed by atoms with Crippen molar-refractivity contribution in [3.63, 3.8) is 0 Å². The summed E-state index contributed by atoms with van der Waals surface area (Å²) in [6.07, 6.45) is 0. The van der Waals surface area contributed by atoms with Crippen molar-refractivity contribution in [2.75, 3.05) is 0 Å². The van der Waals surface area contributed by atoms with Crippen LogP contribution in [0.2, 0.25) is 5.02 Å². The van der Waals surface area contributed by atoms with Gasteiger partial charge in [0.1, 0.15) is 16.7 Å². The lowest BCUT2D eigenvalue weighted by molar-refractivity contribution is 0.629. The summed E-state index contributed by atoms with van der Waals surface area (Å²) in [6, 6.07) is 12.2. The lowest BCUT2D eigenvalue weighted by atomic mass is 10.2. The molecule has 5 heteroatoms. The SMILES string of the molecule is CC(N)c1nc2ccc(F)c(Cl)c2n1-c1ccccc1. The van der Waals surface area contributed by atoms with E-state index in [0.717, 1.165) is 5.69 Å². The molecule has 2 aromatic carbocycles. The minimum atomic E-state index is -0.465. The van der Waals surface area contributed by atoms with Crippen LogP contribution in [0, 0.1) is 5.82 Å². The Bertz CT molecular complexity index is 766. The smallest absolute Gasteiger partial charge is 0.144 e. The molecule has 2 N–H and O–H groups in total. The first-order chi connectivity index (χ1) is 9.59. The van der Waals surface area contributed by atoms with Gasteiger partial charge in [-0.3, -0.25) is 4.57 Å². The molecule has 3 rings (SSSR count). The maximum Gasteiger partial charge on any atom is 0.144 e. The molecule has 3 aromatic rings. The molecule has 1 heterocycles. The van der Waals surface area contributed by atoms with Gasteiger partial charge in [0.25, 0.3) is 0 Å². The number of halogens is 2. The number of benzene rings is 2. The van der Waals surface area contributed by atoms with Crippen molar-refractivity contribution in [2.24, 2.45) is 5.73 Å². The molecule has 0 radical (unpaired) electrons. The molecule has 0 bridgehead atoms. The minimum absolute atomic E-state index is 0.0609. The summed E-state index contributed by atoms with van der Waals surface area (Å²) >= 11 is 6.12. The number of fused-ring (bicyclic) bond motifs is 1. The highest BCUT2D eigenvalue weighted by Crippen LogP contribution is 2.31. The average molecular weight is 290 g/mol. The number of aromatic nitrogens is 2. The standard InChI is InChI=1S/C15H13ClFN3/c1-9(18)15-19-12-8-7-11(17)13(16)14(12)20(15)10-5-3-2-4-6-10/h2-9H,18H2,1H3. The second kappa shape index (κ2) is 4.89. The molecule has 20 heavy (non-hydrogen) atoms. The van der Waals surface area contributed by atoms with Crippen molar-refractivity contribution in [1.82, 2.24) is 9.55 Å². The van der Waals surface area contributed by atoms with E-state index in [1.165, 1.54) is 6.07 Å². The predicted octanol–water partition coefficient (Wildman–Crippen LogP) is 3.84. The number of hydrogen-bond donors (Lipinski definition) is 1. The summed E-state index contributed by atoms with van der Waals surface area (Å²) < 4.78 is 15.6. The van der Waals surface area contributed by atoms with Gasteiger partial charge >= 0.3 is 0 Å². The highest BCUT2D eigenvalue weighted by atomic mass is 35.5. The number of para-hydroxylation sites is 1. The summed E-state index contributed by atoms with van der Waals surface area (Å²) in [5.74, 6) is 0.186. The maximum atomic E-state index is 13.8. The van der Waals surface area contributed by atoms with Gasteiger partial charge < -0.3 is 5.73 Å². The summed E-state index contributed by atoms with van der Waals surface area (Å²) in [5.41, 5.74) is 8.02. The Labute approximate surface area is 120 Å². The molecule has 0 aliphatic carbocycles. The van der Waals surface area contributed by atoms with Gasteiger partial charge in [0.15, 0.2) is 0 Å². The Balaban J connectivity index is 2.43. The number of hydrogen-bond acceptors (Lipinski definition) is 2. The van der Waals surface area contributed by atoms with E-state index in [1.807, 2.05) is 41.8 Å². The van der Waals surface area contributed by atoms with Crippen LogP contribution < -0.4 is 5.73 Å². The van der Waals surface area contributed by atoms with Gasteiger partial charge in [0, 0.05) is 5.69 Å². The quantitative estimate of drug-likeness (QED) is 0.779. The fourth-order valence-corrected chi connectivity index (χ4v) is 2.51. The molecule has 0 saturated carbocycles. The third-order valence-corrected chi connectivity index (χ3v) is 3.52. The Morgan fingerprint density at radius 3 is 2.55 bits per heavy atom. The lowest BCUT2D eigenvalue weighted by Gasteiger charge is -2.12. The molecule has 0 saturated heterocycles. The van der Waals surface area contributed by atoms with Crippen LogP contribution in [0.15, 0.2) is 42.5 Å². The van der Waals surface area contributed by atoms with E-state index in [-0.39, 0.29) is 11.1 Å². The van der Waals surface area contributed by atoms with Gasteiger partial charge in [-0.05, 0) is 31.2 Å². The van der Waals surface area contributed by atoms with Crippen LogP contribution >= 0.6 is 11.6 Å². The molecule has 0 amide bonds. The third-order valence-electron chi connectivity index (χ3n) is 3.16. The van der Waals surface area contributed by atoms with Gasteiger partial charge in [-0.2, -0.15) is 0 Å². The molecular formula is C15H13ClFN3. The van der Waals surface area contributed by atoms with Crippen molar-refractivity contribution in [1.29, 1.82) is 0 Å². The Hall–Kier alpha value is -1.91. The van der Waals surface area contributed by atoms with E-state index in [2.05, 4.69) is 4.98 Å². The van der Waals surface area contributed by atoms with Crippen molar-refractivity contribution in [2.45, 2.75) is 13.0 Å². The first-order valence-electron chi connectivity index (χ1n) is 6.27. The summed E-state index contributed by atoms with van der Waals surface area (Å²) in [4.78, 5) is 4.48. The zero-order valence-corrected chi connectivity index (χ0v) is 11.6. The molecule has 1 aromatic heterocycles. The first kappa shape index (κ1) is 13.1. The molecule has 0 spiro atoms. The molecule has 0 aliphatic heterocycles. The molecule has 0 fully saturated rings. The largest absolute Gasteiger partial charge is 0.322 e. The third kappa shape index (κ3) is 1.97. The van der Waals surface area contributed by atoms with Crippen LogP contribution in [0.25, 0.3) is 16.7 Å². The second-order valence-electron chi connectivity index (χ2n) is 4.66. The van der Waals surface area contributed by atoms with E-state index in [4.69, 9.17) is 17.3 Å². The lowest BCUT2D eigenvalue weighted by Crippen LogP contribution is -2.12. The van der Waals surface area contributed by atoms with E-state index < -0.39 is 5.82 Å². The Morgan fingerprint density at radius 2 is 1.90 bits per heavy atom. The summed E-state index contributed by atoms with van der Waals surface area (Å²) in [5, 5.41) is 0.0609. The molecule has 102 valence electrons. The van der Waals surface area contributed by atoms with Crippen LogP contribution in [0.1, 0.15) is 18.8 Å². The zero-order valence-electron chi connectivity index (χ0n) is 10.8. The van der Waals surface area contributed by atoms with Crippen LogP contribution in [0.4, 0.5) is 4.39 Å². The molecular weight excluding hydrogens is 277 g/mol. The van der Waals surface area contributed by atoms with Crippen molar-refractivity contribution in [3.05, 3.63) is 59.1 Å². The van der Waals surface area contributed by atoms with Gasteiger partial charge in [0.2, 0.25) is 0 Å². The average Bonchev–Trinajstić information content (AvgIpc) is 2.84. The normalized spacial score (nSPS) is 12.8. The Kier molecular flexibility index (Phi) is 3.20. The summed E-state index contributed by atoms with van der Waals surface area (Å²) in [7, 11) is 0. The molecule has 1 unspecified atom stereocenters. The van der Waals surface area contributed by atoms with Crippen LogP contribution in [0.3, 0.4) is 0 Å². The van der Waals surface area contributed by atoms with E-state index in [0.29, 0.717) is 16.9 Å². The van der Waals surface area contributed by atoms with Gasteiger partial charge in [0.05, 0.1) is 17.1 Å². The van der Waals surface area contributed by atoms with E-state index >= 15 is 0 Å². The highest BCUT2D eigenvalue weighted by molar-refractivity contribution is 6.35. The monoisotopic (exact) mass is 289 g/mol. The number of nitrogens with zero attached hydrogens (tertiary/aromatic N) is 2. The van der Waals surface area contributed by atoms with Crippen molar-refractivity contribution >= 4 is 22.6 Å². The molecule has 3 nitrogen and oxygen atoms in total. The number of rotatable bonds is 2. The van der Waals surface area contributed by atoms with Crippen LogP contribution in [0.5, 0.6) is 0 Å². The van der Waals surface area contributed by atoms with E-state index in [9.17, 15) is 4.39 Å². The zero-order chi connectivity index (χ0) is 14.3. The van der Waals surface area contributed by atoms with Crippen molar-refractivity contribution in [3.8, 4) is 5.69 Å². The summed E-state index contributed by atoms with van der Waals surface area (Å²) in [6.45, 7) is 1.84. The highest BCUT2D eigenvalue weighted by Gasteiger charge is 2.19. The van der Waals surface area contributed by atoms with Gasteiger partial charge in [-0.1, -0.05) is 29.8 Å². The van der Waals surface area contributed by atoms with Crippen LogP contribution in [-0.4, -0.2) is 9.55 Å². The fraction of sp³-hybridized carbons (Fsp3) is 0.133. The number of nitrogens with two attached hydrogens (primary N) is 1. The van der Waals surface area contributed by atoms with Crippen molar-refractivity contribution < 1.29 is 4.39 Å². The Morgan fingerprint density at radius 1 is 1.20 bits per heavy atom. The van der Waals surface area contributed by atoms with Crippen LogP contribution in [-0.2, 0) is 0 Å². The minimum Gasteiger partial charge on any atom is -0.322 e. The topological polar surface area (TPSA) is 43.8 Å². The first-order valence-corrected chi connectivity index (χ1v) is 6.64. The molecule has 0 aliphatic rings. The predicted molar refractivity (Wildman–Crippen MR) is 78.6 cm³/mol. The maximum absolute atomic E-state index is 13.8. The van der Waals surface area contributed by atoms with Gasteiger partial charge in [-0.15, -0.1) is 0 Å². The number of imidazole rings is 1. The second-order valence-corrected chi connectivity index (χ2v) is 5.04. The fourth-order valence-electron chi connectivity index (χ4n) is 2.26.